The summed E-state index contributed by atoms with van der Waals surface area (Å²) in [7, 11) is 0. The molecule has 154 valence electrons. The summed E-state index contributed by atoms with van der Waals surface area (Å²) in [5.41, 5.74) is 1.01. The first-order valence-corrected chi connectivity index (χ1v) is 10.2. The zero-order valence-corrected chi connectivity index (χ0v) is 17.4. The normalized spacial score (nSPS) is 19.1. The van der Waals surface area contributed by atoms with Crippen LogP contribution in [0.25, 0.3) is 0 Å². The standard InChI is InChI=1S/C21H32N4O3/c1-5-19(26)25-10-9-16(12-25)24-20(22-6-2)23-13-21(3,4)15-7-8-17-18(11-15)28-14-27-17/h7-8,11,16H,5-6,9-10,12-14H2,1-4H3,(H2,22,23,24). The predicted molar refractivity (Wildman–Crippen MR) is 110 cm³/mol. The molecule has 1 atom stereocenters. The molecule has 0 aliphatic carbocycles. The SMILES string of the molecule is CCNC(=NCC(C)(C)c1ccc2c(c1)OCO2)NC1CCN(C(=O)CC)C1. The summed E-state index contributed by atoms with van der Waals surface area (Å²) in [6.45, 7) is 11.6. The zero-order chi connectivity index (χ0) is 20.1. The molecule has 1 unspecified atom stereocenters. The van der Waals surface area contributed by atoms with Gasteiger partial charge in [-0.3, -0.25) is 9.79 Å². The highest BCUT2D eigenvalue weighted by Gasteiger charge is 2.27. The third-order valence-corrected chi connectivity index (χ3v) is 5.31. The van der Waals surface area contributed by atoms with Crippen LogP contribution in [0.5, 0.6) is 11.5 Å². The van der Waals surface area contributed by atoms with E-state index in [9.17, 15) is 4.79 Å². The molecule has 1 aromatic carbocycles. The molecule has 0 radical (unpaired) electrons. The highest BCUT2D eigenvalue weighted by atomic mass is 16.7. The molecule has 2 aliphatic heterocycles. The number of carbonyl (C=O) groups is 1. The van der Waals surface area contributed by atoms with Gasteiger partial charge in [0.05, 0.1) is 6.54 Å². The highest BCUT2D eigenvalue weighted by Crippen LogP contribution is 2.36. The molecule has 0 aromatic heterocycles. The third-order valence-electron chi connectivity index (χ3n) is 5.31. The van der Waals surface area contributed by atoms with Crippen molar-refractivity contribution in [2.24, 2.45) is 4.99 Å². The van der Waals surface area contributed by atoms with E-state index in [0.29, 0.717) is 13.0 Å². The van der Waals surface area contributed by atoms with Gasteiger partial charge in [0.25, 0.3) is 0 Å². The summed E-state index contributed by atoms with van der Waals surface area (Å²) >= 11 is 0. The van der Waals surface area contributed by atoms with Crippen molar-refractivity contribution < 1.29 is 14.3 Å². The first kappa shape index (κ1) is 20.3. The van der Waals surface area contributed by atoms with Gasteiger partial charge in [-0.05, 0) is 31.0 Å². The number of likely N-dealkylation sites (tertiary alicyclic amines) is 1. The average Bonchev–Trinajstić information content (AvgIpc) is 3.34. The number of guanidine groups is 1. The fourth-order valence-electron chi connectivity index (χ4n) is 3.53. The van der Waals surface area contributed by atoms with E-state index in [-0.39, 0.29) is 24.2 Å². The maximum Gasteiger partial charge on any atom is 0.231 e. The topological polar surface area (TPSA) is 75.2 Å². The fourth-order valence-corrected chi connectivity index (χ4v) is 3.53. The van der Waals surface area contributed by atoms with Crippen LogP contribution in [0.4, 0.5) is 0 Å². The average molecular weight is 389 g/mol. The Kier molecular flexibility index (Phi) is 6.31. The van der Waals surface area contributed by atoms with Gasteiger partial charge in [0.2, 0.25) is 12.7 Å². The van der Waals surface area contributed by atoms with E-state index in [1.807, 2.05) is 24.0 Å². The number of carbonyl (C=O) groups excluding carboxylic acids is 1. The lowest BCUT2D eigenvalue weighted by Gasteiger charge is -2.25. The first-order chi connectivity index (χ1) is 13.4. The van der Waals surface area contributed by atoms with Crippen LogP contribution in [-0.4, -0.2) is 55.8 Å². The van der Waals surface area contributed by atoms with Gasteiger partial charge in [-0.25, -0.2) is 0 Å². The predicted octanol–water partition coefficient (Wildman–Crippen LogP) is 2.26. The van der Waals surface area contributed by atoms with Crippen LogP contribution < -0.4 is 20.1 Å². The number of amides is 1. The lowest BCUT2D eigenvalue weighted by Crippen LogP contribution is -2.45. The van der Waals surface area contributed by atoms with Crippen molar-refractivity contribution >= 4 is 11.9 Å². The Hall–Kier alpha value is -2.44. The van der Waals surface area contributed by atoms with Gasteiger partial charge in [-0.2, -0.15) is 0 Å². The molecular weight excluding hydrogens is 356 g/mol. The summed E-state index contributed by atoms with van der Waals surface area (Å²) < 4.78 is 10.9. The summed E-state index contributed by atoms with van der Waals surface area (Å²) in [5, 5.41) is 6.82. The molecule has 2 heterocycles. The van der Waals surface area contributed by atoms with E-state index in [4.69, 9.17) is 14.5 Å². The summed E-state index contributed by atoms with van der Waals surface area (Å²) in [6.07, 6.45) is 1.51. The fraction of sp³-hybridized carbons (Fsp3) is 0.619. The Bertz CT molecular complexity index is 732. The van der Waals surface area contributed by atoms with Crippen molar-refractivity contribution in [1.29, 1.82) is 0 Å². The van der Waals surface area contributed by atoms with Crippen LogP contribution in [0.1, 0.15) is 46.1 Å². The van der Waals surface area contributed by atoms with Crippen LogP contribution in [0.3, 0.4) is 0 Å². The number of aliphatic imine (C=N–C) groups is 1. The van der Waals surface area contributed by atoms with E-state index in [0.717, 1.165) is 49.1 Å². The lowest BCUT2D eigenvalue weighted by molar-refractivity contribution is -0.129. The second-order valence-corrected chi connectivity index (χ2v) is 7.97. The Labute approximate surface area is 167 Å². The number of ether oxygens (including phenoxy) is 2. The van der Waals surface area contributed by atoms with Crippen molar-refractivity contribution in [2.45, 2.75) is 52.0 Å². The number of fused-ring (bicyclic) bond motifs is 1. The molecule has 7 nitrogen and oxygen atoms in total. The maximum atomic E-state index is 11.9. The molecule has 1 aromatic rings. The summed E-state index contributed by atoms with van der Waals surface area (Å²) in [6, 6.07) is 6.32. The van der Waals surface area contributed by atoms with E-state index in [2.05, 4.69) is 37.5 Å². The van der Waals surface area contributed by atoms with Crippen LogP contribution in [-0.2, 0) is 10.2 Å². The molecule has 0 bridgehead atoms. The van der Waals surface area contributed by atoms with E-state index < -0.39 is 0 Å². The quantitative estimate of drug-likeness (QED) is 0.578. The molecule has 0 saturated carbocycles. The van der Waals surface area contributed by atoms with E-state index >= 15 is 0 Å². The molecular formula is C21H32N4O3. The second-order valence-electron chi connectivity index (χ2n) is 7.97. The van der Waals surface area contributed by atoms with Crippen LogP contribution >= 0.6 is 0 Å². The van der Waals surface area contributed by atoms with E-state index in [1.165, 1.54) is 0 Å². The van der Waals surface area contributed by atoms with Gasteiger partial charge in [0.1, 0.15) is 0 Å². The maximum absolute atomic E-state index is 11.9. The number of hydrogen-bond donors (Lipinski definition) is 2. The van der Waals surface area contributed by atoms with Gasteiger partial charge in [0, 0.05) is 37.5 Å². The minimum absolute atomic E-state index is 0.150. The molecule has 1 fully saturated rings. The molecule has 1 amide bonds. The van der Waals surface area contributed by atoms with Crippen molar-refractivity contribution in [3.8, 4) is 11.5 Å². The molecule has 1 saturated heterocycles. The monoisotopic (exact) mass is 388 g/mol. The minimum atomic E-state index is -0.150. The first-order valence-electron chi connectivity index (χ1n) is 10.2. The second kappa shape index (κ2) is 8.71. The Morgan fingerprint density at radius 1 is 1.29 bits per heavy atom. The molecule has 2 aliphatic rings. The largest absolute Gasteiger partial charge is 0.454 e. The molecule has 0 spiro atoms. The van der Waals surface area contributed by atoms with Crippen molar-refractivity contribution in [3.63, 3.8) is 0 Å². The van der Waals surface area contributed by atoms with Gasteiger partial charge in [-0.1, -0.05) is 26.8 Å². The van der Waals surface area contributed by atoms with Crippen LogP contribution in [0.2, 0.25) is 0 Å². The van der Waals surface area contributed by atoms with Crippen molar-refractivity contribution in [3.05, 3.63) is 23.8 Å². The Balaban J connectivity index is 1.64. The molecule has 2 N–H and O–H groups in total. The zero-order valence-electron chi connectivity index (χ0n) is 17.4. The summed E-state index contributed by atoms with van der Waals surface area (Å²) in [5.74, 6) is 2.61. The van der Waals surface area contributed by atoms with Crippen molar-refractivity contribution in [2.75, 3.05) is 33.0 Å². The minimum Gasteiger partial charge on any atom is -0.454 e. The van der Waals surface area contributed by atoms with Gasteiger partial charge >= 0.3 is 0 Å². The summed E-state index contributed by atoms with van der Waals surface area (Å²) in [4.78, 5) is 18.7. The Morgan fingerprint density at radius 2 is 2.07 bits per heavy atom. The van der Waals surface area contributed by atoms with E-state index in [1.54, 1.807) is 0 Å². The van der Waals surface area contributed by atoms with Crippen LogP contribution in [0.15, 0.2) is 23.2 Å². The number of rotatable bonds is 6. The molecule has 7 heteroatoms. The lowest BCUT2D eigenvalue weighted by atomic mass is 9.84. The highest BCUT2D eigenvalue weighted by molar-refractivity contribution is 5.80. The third kappa shape index (κ3) is 4.69. The van der Waals surface area contributed by atoms with Crippen molar-refractivity contribution in [1.82, 2.24) is 15.5 Å². The number of hydrogen-bond acceptors (Lipinski definition) is 4. The number of nitrogens with zero attached hydrogens (tertiary/aromatic N) is 2. The van der Waals surface area contributed by atoms with Crippen LogP contribution in [0, 0.1) is 0 Å². The smallest absolute Gasteiger partial charge is 0.231 e. The van der Waals surface area contributed by atoms with Gasteiger partial charge in [0.15, 0.2) is 17.5 Å². The molecule has 3 rings (SSSR count). The van der Waals surface area contributed by atoms with Gasteiger partial charge in [-0.15, -0.1) is 0 Å². The van der Waals surface area contributed by atoms with Gasteiger partial charge < -0.3 is 25.0 Å². The Morgan fingerprint density at radius 3 is 2.82 bits per heavy atom. The molecule has 28 heavy (non-hydrogen) atoms. The number of benzene rings is 1. The number of nitrogens with one attached hydrogen (secondary N) is 2.